The Morgan fingerprint density at radius 3 is 2.70 bits per heavy atom. The molecule has 1 atom stereocenters. The average Bonchev–Trinajstić information content (AvgIpc) is 3.30. The molecule has 1 aromatic carbocycles. The molecule has 1 N–H and O–H groups in total. The Hall–Kier alpha value is -3.50. The van der Waals surface area contributed by atoms with E-state index in [2.05, 4.69) is 36.9 Å². The second kappa shape index (κ2) is 7.73. The molecule has 1 aliphatic carbocycles. The number of aromatic nitrogens is 3. The molecule has 1 fully saturated rings. The van der Waals surface area contributed by atoms with Gasteiger partial charge in [-0.2, -0.15) is 5.26 Å². The maximum absolute atomic E-state index is 12.4. The number of piperazine rings is 1. The largest absolute Gasteiger partial charge is 0.369 e. The van der Waals surface area contributed by atoms with Gasteiger partial charge in [-0.3, -0.25) is 9.69 Å². The van der Waals surface area contributed by atoms with Crippen LogP contribution < -0.4 is 10.5 Å². The summed E-state index contributed by atoms with van der Waals surface area (Å²) in [6.07, 6.45) is 7.35. The predicted molar refractivity (Wildman–Crippen MR) is 116 cm³/mol. The van der Waals surface area contributed by atoms with Crippen LogP contribution in [0.3, 0.4) is 0 Å². The number of anilines is 1. The summed E-state index contributed by atoms with van der Waals surface area (Å²) in [5.74, 6) is 0. The molecule has 0 unspecified atom stereocenters. The topological polar surface area (TPSA) is 88.9 Å². The molecule has 0 spiro atoms. The van der Waals surface area contributed by atoms with E-state index in [-0.39, 0.29) is 5.56 Å². The Bertz CT molecular complexity index is 1200. The molecule has 0 saturated carbocycles. The van der Waals surface area contributed by atoms with Crippen molar-refractivity contribution in [3.63, 3.8) is 0 Å². The normalized spacial score (nSPS) is 19.6. The van der Waals surface area contributed by atoms with Crippen LogP contribution in [-0.2, 0) is 0 Å². The zero-order valence-electron chi connectivity index (χ0n) is 16.6. The van der Waals surface area contributed by atoms with Crippen LogP contribution in [0.15, 0.2) is 53.7 Å². The third-order valence-electron chi connectivity index (χ3n) is 6.11. The van der Waals surface area contributed by atoms with Crippen molar-refractivity contribution in [2.75, 3.05) is 31.1 Å². The van der Waals surface area contributed by atoms with Crippen molar-refractivity contribution in [3.05, 3.63) is 70.5 Å². The fourth-order valence-electron chi connectivity index (χ4n) is 4.44. The highest BCUT2D eigenvalue weighted by atomic mass is 16.1. The van der Waals surface area contributed by atoms with E-state index in [0.717, 1.165) is 44.7 Å². The second-order valence-electron chi connectivity index (χ2n) is 7.81. The van der Waals surface area contributed by atoms with Crippen molar-refractivity contribution in [2.24, 2.45) is 0 Å². The number of H-pyrrole nitrogens is 1. The summed E-state index contributed by atoms with van der Waals surface area (Å²) in [7, 11) is 0. The Morgan fingerprint density at radius 1 is 1.13 bits per heavy atom. The Morgan fingerprint density at radius 2 is 1.93 bits per heavy atom. The van der Waals surface area contributed by atoms with Crippen molar-refractivity contribution in [1.82, 2.24) is 19.9 Å². The predicted octanol–water partition coefficient (Wildman–Crippen LogP) is 2.56. The molecule has 0 amide bonds. The number of nitrogens with zero attached hydrogens (tertiary/aromatic N) is 5. The molecule has 5 rings (SSSR count). The lowest BCUT2D eigenvalue weighted by Crippen LogP contribution is -2.49. The summed E-state index contributed by atoms with van der Waals surface area (Å²) < 4.78 is 0. The van der Waals surface area contributed by atoms with Gasteiger partial charge in [0.2, 0.25) is 0 Å². The maximum atomic E-state index is 12.4. The molecule has 30 heavy (non-hydrogen) atoms. The highest BCUT2D eigenvalue weighted by Crippen LogP contribution is 2.31. The minimum absolute atomic E-state index is 0.136. The molecular formula is C23H22N6O. The SMILES string of the molecule is N#Cc1ccc(N2CCN([C@H]3C=C(c4cc5ncncc5c(=O)[nH]4)CC3)CC2)cc1. The third kappa shape index (κ3) is 3.46. The number of nitriles is 1. The van der Waals surface area contributed by atoms with Crippen LogP contribution in [0.25, 0.3) is 16.5 Å². The quantitative estimate of drug-likeness (QED) is 0.729. The Balaban J connectivity index is 1.28. The first kappa shape index (κ1) is 18.5. The molecule has 0 bridgehead atoms. The van der Waals surface area contributed by atoms with Gasteiger partial charge in [-0.1, -0.05) is 6.08 Å². The fraction of sp³-hybridized carbons (Fsp3) is 0.304. The minimum Gasteiger partial charge on any atom is -0.369 e. The average molecular weight is 398 g/mol. The van der Waals surface area contributed by atoms with Crippen LogP contribution in [0.2, 0.25) is 0 Å². The standard InChI is InChI=1S/C23H22N6O/c24-13-16-1-4-18(5-2-16)28-7-9-29(10-8-28)19-6-3-17(11-19)21-12-22-20(23(30)27-21)14-25-15-26-22/h1-2,4-5,11-12,14-15,19H,3,6-10H2,(H,27,30)/t19-/m1/s1. The van der Waals surface area contributed by atoms with Gasteiger partial charge in [-0.05, 0) is 48.7 Å². The number of hydrogen-bond acceptors (Lipinski definition) is 6. The highest BCUT2D eigenvalue weighted by molar-refractivity contribution is 5.80. The molecule has 2 aromatic heterocycles. The van der Waals surface area contributed by atoms with Gasteiger partial charge >= 0.3 is 0 Å². The smallest absolute Gasteiger partial charge is 0.259 e. The lowest BCUT2D eigenvalue weighted by Gasteiger charge is -2.38. The molecule has 150 valence electrons. The van der Waals surface area contributed by atoms with Crippen molar-refractivity contribution in [1.29, 1.82) is 5.26 Å². The molecule has 7 heteroatoms. The summed E-state index contributed by atoms with van der Waals surface area (Å²) in [6, 6.07) is 12.3. The van der Waals surface area contributed by atoms with Crippen molar-refractivity contribution in [3.8, 4) is 6.07 Å². The van der Waals surface area contributed by atoms with Gasteiger partial charge in [0.05, 0.1) is 22.5 Å². The van der Waals surface area contributed by atoms with Crippen LogP contribution in [0.1, 0.15) is 24.1 Å². The van der Waals surface area contributed by atoms with Crippen molar-refractivity contribution < 1.29 is 0 Å². The van der Waals surface area contributed by atoms with E-state index in [1.807, 2.05) is 30.3 Å². The Labute approximate surface area is 174 Å². The summed E-state index contributed by atoms with van der Waals surface area (Å²) in [5, 5.41) is 9.49. The molecular weight excluding hydrogens is 376 g/mol. The lowest BCUT2D eigenvalue weighted by atomic mass is 10.1. The second-order valence-corrected chi connectivity index (χ2v) is 7.81. The van der Waals surface area contributed by atoms with Crippen LogP contribution in [-0.4, -0.2) is 52.1 Å². The van der Waals surface area contributed by atoms with E-state index in [4.69, 9.17) is 5.26 Å². The van der Waals surface area contributed by atoms with Crippen LogP contribution in [0, 0.1) is 11.3 Å². The van der Waals surface area contributed by atoms with E-state index in [9.17, 15) is 4.79 Å². The molecule has 3 aromatic rings. The summed E-state index contributed by atoms with van der Waals surface area (Å²) in [6.45, 7) is 3.93. The van der Waals surface area contributed by atoms with Gasteiger partial charge in [0.15, 0.2) is 0 Å². The number of allylic oxidation sites excluding steroid dienone is 1. The number of hydrogen-bond donors (Lipinski definition) is 1. The Kier molecular flexibility index (Phi) is 4.77. The molecule has 1 aliphatic heterocycles. The molecule has 0 radical (unpaired) electrons. The molecule has 7 nitrogen and oxygen atoms in total. The van der Waals surface area contributed by atoms with E-state index >= 15 is 0 Å². The first-order chi connectivity index (χ1) is 14.7. The van der Waals surface area contributed by atoms with E-state index in [1.165, 1.54) is 17.6 Å². The van der Waals surface area contributed by atoms with Gasteiger partial charge < -0.3 is 9.88 Å². The van der Waals surface area contributed by atoms with E-state index in [0.29, 0.717) is 22.5 Å². The zero-order chi connectivity index (χ0) is 20.5. The zero-order valence-corrected chi connectivity index (χ0v) is 16.6. The first-order valence-corrected chi connectivity index (χ1v) is 10.2. The number of fused-ring (bicyclic) bond motifs is 1. The van der Waals surface area contributed by atoms with Crippen molar-refractivity contribution >= 4 is 22.2 Å². The minimum atomic E-state index is -0.136. The first-order valence-electron chi connectivity index (χ1n) is 10.2. The van der Waals surface area contributed by atoms with Gasteiger partial charge in [-0.25, -0.2) is 9.97 Å². The molecule has 2 aliphatic rings. The fourth-order valence-corrected chi connectivity index (χ4v) is 4.44. The van der Waals surface area contributed by atoms with Gasteiger partial charge in [0, 0.05) is 49.8 Å². The number of rotatable bonds is 3. The molecule has 3 heterocycles. The van der Waals surface area contributed by atoms with E-state index in [1.54, 1.807) is 6.20 Å². The number of pyridine rings is 1. The highest BCUT2D eigenvalue weighted by Gasteiger charge is 2.27. The van der Waals surface area contributed by atoms with Crippen LogP contribution in [0.5, 0.6) is 0 Å². The number of benzene rings is 1. The van der Waals surface area contributed by atoms with Crippen molar-refractivity contribution in [2.45, 2.75) is 18.9 Å². The van der Waals surface area contributed by atoms with Crippen LogP contribution >= 0.6 is 0 Å². The maximum Gasteiger partial charge on any atom is 0.259 e. The van der Waals surface area contributed by atoms with Gasteiger partial charge in [0.25, 0.3) is 5.56 Å². The lowest BCUT2D eigenvalue weighted by molar-refractivity contribution is 0.214. The number of aromatic amines is 1. The monoisotopic (exact) mass is 398 g/mol. The van der Waals surface area contributed by atoms with Gasteiger partial charge in [0.1, 0.15) is 6.33 Å². The third-order valence-corrected chi connectivity index (χ3v) is 6.11. The summed E-state index contributed by atoms with van der Waals surface area (Å²) in [4.78, 5) is 28.4. The summed E-state index contributed by atoms with van der Waals surface area (Å²) >= 11 is 0. The number of nitrogens with one attached hydrogen (secondary N) is 1. The van der Waals surface area contributed by atoms with Gasteiger partial charge in [-0.15, -0.1) is 0 Å². The summed E-state index contributed by atoms with van der Waals surface area (Å²) in [5.41, 5.74) is 4.47. The van der Waals surface area contributed by atoms with Crippen LogP contribution in [0.4, 0.5) is 5.69 Å². The van der Waals surface area contributed by atoms with E-state index < -0.39 is 0 Å². The molecule has 1 saturated heterocycles.